The smallest absolute Gasteiger partial charge is 0.351 e. The monoisotopic (exact) mass is 381 g/mol. The van der Waals surface area contributed by atoms with Crippen LogP contribution < -0.4 is 11.4 Å². The molecule has 0 bridgehead atoms. The predicted molar refractivity (Wildman–Crippen MR) is 101 cm³/mol. The summed E-state index contributed by atoms with van der Waals surface area (Å²) >= 11 is 1.35. The van der Waals surface area contributed by atoms with Gasteiger partial charge in [-0.25, -0.2) is 9.59 Å². The van der Waals surface area contributed by atoms with Crippen LogP contribution in [-0.4, -0.2) is 32.8 Å². The van der Waals surface area contributed by atoms with Gasteiger partial charge in [0, 0.05) is 11.9 Å². The number of thioether (sulfide) groups is 1. The van der Waals surface area contributed by atoms with E-state index in [1.165, 1.54) is 28.8 Å². The lowest BCUT2D eigenvalue weighted by Crippen LogP contribution is -2.38. The first-order chi connectivity index (χ1) is 12.3. The number of ether oxygens (including phenoxy) is 2. The second-order valence-electron chi connectivity index (χ2n) is 7.60. The van der Waals surface area contributed by atoms with Crippen LogP contribution in [-0.2, 0) is 14.3 Å². The summed E-state index contributed by atoms with van der Waals surface area (Å²) in [5, 5.41) is 0. The summed E-state index contributed by atoms with van der Waals surface area (Å²) in [5.41, 5.74) is 4.32. The predicted octanol–water partition coefficient (Wildman–Crippen LogP) is 2.42. The number of nitrogen functional groups attached to an aromatic ring is 1. The molecule has 2 N–H and O–H groups in total. The van der Waals surface area contributed by atoms with Crippen LogP contribution in [0.4, 0.5) is 5.82 Å². The molecule has 144 valence electrons. The zero-order valence-corrected chi connectivity index (χ0v) is 16.3. The number of esters is 1. The Balaban J connectivity index is 1.63. The van der Waals surface area contributed by atoms with Gasteiger partial charge in [0.25, 0.3) is 0 Å². The van der Waals surface area contributed by atoms with Gasteiger partial charge in [-0.2, -0.15) is 4.98 Å². The first-order valence-electron chi connectivity index (χ1n) is 9.17. The number of carbonyl (C=O) groups excluding carboxylic acids is 1. The van der Waals surface area contributed by atoms with Crippen LogP contribution in [0.2, 0.25) is 0 Å². The maximum Gasteiger partial charge on any atom is 0.351 e. The first kappa shape index (κ1) is 19.2. The molecule has 0 spiro atoms. The molecular formula is C18H27N3O4S. The van der Waals surface area contributed by atoms with Crippen LogP contribution in [0.5, 0.6) is 0 Å². The van der Waals surface area contributed by atoms with Gasteiger partial charge in [0.05, 0.1) is 0 Å². The van der Waals surface area contributed by atoms with Crippen molar-refractivity contribution in [3.63, 3.8) is 0 Å². The Labute approximate surface area is 157 Å². The fourth-order valence-electron chi connectivity index (χ4n) is 3.76. The Morgan fingerprint density at radius 2 is 2.23 bits per heavy atom. The fourth-order valence-corrected chi connectivity index (χ4v) is 4.74. The summed E-state index contributed by atoms with van der Waals surface area (Å²) in [6.07, 6.45) is 4.11. The highest BCUT2D eigenvalue weighted by molar-refractivity contribution is 8.00. The van der Waals surface area contributed by atoms with Gasteiger partial charge in [-0.3, -0.25) is 4.57 Å². The van der Waals surface area contributed by atoms with Gasteiger partial charge in [0.15, 0.2) is 0 Å². The van der Waals surface area contributed by atoms with Gasteiger partial charge in [0.1, 0.15) is 18.1 Å². The molecule has 1 aliphatic heterocycles. The lowest BCUT2D eigenvalue weighted by molar-refractivity contribution is -0.166. The van der Waals surface area contributed by atoms with Crippen LogP contribution in [0.15, 0.2) is 17.1 Å². The fraction of sp³-hybridized carbons (Fsp3) is 0.722. The molecule has 26 heavy (non-hydrogen) atoms. The normalized spacial score (nSPS) is 31.9. The zero-order chi connectivity index (χ0) is 18.8. The SMILES string of the molecule is CC(C)[C@H]1CC[C@@H](C)C[C@H]1OC(=O)[C@@H]1O[C@@H](n2ccc(N)nc2=O)CS1. The minimum absolute atomic E-state index is 0.0598. The van der Waals surface area contributed by atoms with Crippen molar-refractivity contribution in [1.82, 2.24) is 9.55 Å². The number of carbonyl (C=O) groups is 1. The summed E-state index contributed by atoms with van der Waals surface area (Å²) < 4.78 is 13.0. The molecule has 1 saturated heterocycles. The second kappa shape index (κ2) is 8.00. The summed E-state index contributed by atoms with van der Waals surface area (Å²) in [4.78, 5) is 28.3. The lowest BCUT2D eigenvalue weighted by atomic mass is 9.75. The van der Waals surface area contributed by atoms with E-state index in [2.05, 4.69) is 25.8 Å². The third-order valence-electron chi connectivity index (χ3n) is 5.25. The van der Waals surface area contributed by atoms with Crippen molar-refractivity contribution in [3.8, 4) is 0 Å². The highest BCUT2D eigenvalue weighted by Crippen LogP contribution is 2.37. The van der Waals surface area contributed by atoms with E-state index in [-0.39, 0.29) is 17.9 Å². The summed E-state index contributed by atoms with van der Waals surface area (Å²) in [6, 6.07) is 1.54. The average molecular weight is 381 g/mol. The molecule has 1 aromatic rings. The van der Waals surface area contributed by atoms with Crippen molar-refractivity contribution < 1.29 is 14.3 Å². The Bertz CT molecular complexity index is 708. The molecule has 2 heterocycles. The molecule has 1 aliphatic carbocycles. The molecular weight excluding hydrogens is 354 g/mol. The van der Waals surface area contributed by atoms with Crippen molar-refractivity contribution in [3.05, 3.63) is 22.7 Å². The van der Waals surface area contributed by atoms with Gasteiger partial charge < -0.3 is 15.2 Å². The number of hydrogen-bond acceptors (Lipinski definition) is 7. The molecule has 2 aliphatic rings. The second-order valence-corrected chi connectivity index (χ2v) is 8.69. The van der Waals surface area contributed by atoms with Crippen LogP contribution >= 0.6 is 11.8 Å². The summed E-state index contributed by atoms with van der Waals surface area (Å²) in [6.45, 7) is 6.56. The van der Waals surface area contributed by atoms with E-state index in [0.29, 0.717) is 23.5 Å². The Kier molecular flexibility index (Phi) is 5.92. The number of anilines is 1. The van der Waals surface area contributed by atoms with Crippen molar-refractivity contribution >= 4 is 23.5 Å². The minimum atomic E-state index is -0.713. The zero-order valence-electron chi connectivity index (χ0n) is 15.5. The standard InChI is InChI=1S/C18H27N3O4S/c1-10(2)12-5-4-11(3)8-13(12)24-16(22)17-25-15(9-26-17)21-7-6-14(19)20-18(21)23/h6-7,10-13,15,17H,4-5,8-9H2,1-3H3,(H2,19,20,23)/t11-,12-,13-,15-,17-/m1/s1. The van der Waals surface area contributed by atoms with E-state index in [0.717, 1.165) is 12.8 Å². The number of nitrogens with two attached hydrogens (primary N) is 1. The Hall–Kier alpha value is -1.54. The van der Waals surface area contributed by atoms with E-state index >= 15 is 0 Å². The number of aromatic nitrogens is 2. The lowest BCUT2D eigenvalue weighted by Gasteiger charge is -2.37. The average Bonchev–Trinajstić information content (AvgIpc) is 3.04. The van der Waals surface area contributed by atoms with Gasteiger partial charge >= 0.3 is 11.7 Å². The minimum Gasteiger partial charge on any atom is -0.459 e. The maximum atomic E-state index is 12.6. The van der Waals surface area contributed by atoms with E-state index in [1.54, 1.807) is 6.20 Å². The van der Waals surface area contributed by atoms with Crippen LogP contribution in [0.3, 0.4) is 0 Å². The third kappa shape index (κ3) is 4.23. The van der Waals surface area contributed by atoms with E-state index in [9.17, 15) is 9.59 Å². The molecule has 5 atom stereocenters. The number of hydrogen-bond donors (Lipinski definition) is 1. The van der Waals surface area contributed by atoms with Crippen molar-refractivity contribution in [2.24, 2.45) is 17.8 Å². The van der Waals surface area contributed by atoms with Crippen molar-refractivity contribution in [1.29, 1.82) is 0 Å². The highest BCUT2D eigenvalue weighted by Gasteiger charge is 2.38. The maximum absolute atomic E-state index is 12.6. The largest absolute Gasteiger partial charge is 0.459 e. The van der Waals surface area contributed by atoms with E-state index in [1.807, 2.05) is 0 Å². The third-order valence-corrected chi connectivity index (χ3v) is 6.34. The van der Waals surface area contributed by atoms with Gasteiger partial charge in [-0.05, 0) is 36.7 Å². The Morgan fingerprint density at radius 1 is 1.46 bits per heavy atom. The van der Waals surface area contributed by atoms with Crippen molar-refractivity contribution in [2.75, 3.05) is 11.5 Å². The first-order valence-corrected chi connectivity index (χ1v) is 10.2. The topological polar surface area (TPSA) is 96.4 Å². The quantitative estimate of drug-likeness (QED) is 0.800. The molecule has 0 unspecified atom stereocenters. The molecule has 3 rings (SSSR count). The van der Waals surface area contributed by atoms with Gasteiger partial charge in [-0.15, -0.1) is 11.8 Å². The molecule has 0 amide bonds. The molecule has 7 nitrogen and oxygen atoms in total. The van der Waals surface area contributed by atoms with Crippen LogP contribution in [0.25, 0.3) is 0 Å². The Morgan fingerprint density at radius 3 is 2.92 bits per heavy atom. The molecule has 8 heteroatoms. The van der Waals surface area contributed by atoms with Crippen LogP contribution in [0.1, 0.15) is 46.3 Å². The van der Waals surface area contributed by atoms with E-state index in [4.69, 9.17) is 15.2 Å². The van der Waals surface area contributed by atoms with Gasteiger partial charge in [-0.1, -0.05) is 27.2 Å². The molecule has 1 saturated carbocycles. The summed E-state index contributed by atoms with van der Waals surface area (Å²) in [7, 11) is 0. The molecule has 0 aromatic carbocycles. The molecule has 0 radical (unpaired) electrons. The summed E-state index contributed by atoms with van der Waals surface area (Å²) in [5.74, 6) is 1.73. The number of rotatable bonds is 4. The molecule has 1 aromatic heterocycles. The van der Waals surface area contributed by atoms with E-state index < -0.39 is 17.4 Å². The highest BCUT2D eigenvalue weighted by atomic mass is 32.2. The van der Waals surface area contributed by atoms with Crippen LogP contribution in [0, 0.1) is 17.8 Å². The van der Waals surface area contributed by atoms with Gasteiger partial charge in [0.2, 0.25) is 5.44 Å². The van der Waals surface area contributed by atoms with Crippen molar-refractivity contribution in [2.45, 2.75) is 57.8 Å². The molecule has 2 fully saturated rings. The number of nitrogens with zero attached hydrogens (tertiary/aromatic N) is 2.